The van der Waals surface area contributed by atoms with Gasteiger partial charge in [-0.3, -0.25) is 0 Å². The van der Waals surface area contributed by atoms with Crippen LogP contribution in [0.1, 0.15) is 32.1 Å². The molecule has 0 aromatic carbocycles. The summed E-state index contributed by atoms with van der Waals surface area (Å²) in [5.74, 6) is 0. The van der Waals surface area contributed by atoms with Gasteiger partial charge in [-0.25, -0.2) is 0 Å². The first-order valence-electron chi connectivity index (χ1n) is 4.92. The zero-order valence-electron chi connectivity index (χ0n) is 7.10. The molecule has 1 saturated carbocycles. The highest BCUT2D eigenvalue weighted by atomic mass is 15.0. The smallest absolute Gasteiger partial charge is 0.0207 e. The van der Waals surface area contributed by atoms with Gasteiger partial charge in [0.05, 0.1) is 0 Å². The van der Waals surface area contributed by atoms with E-state index in [1.165, 1.54) is 45.2 Å². The lowest BCUT2D eigenvalue weighted by molar-refractivity contribution is 0.449. The average molecular weight is 154 g/mol. The summed E-state index contributed by atoms with van der Waals surface area (Å²) in [5.41, 5.74) is 0. The fraction of sp³-hybridized carbons (Fsp3) is 1.00. The Balaban J connectivity index is 1.71. The molecule has 2 N–H and O–H groups in total. The molecule has 2 aliphatic rings. The van der Waals surface area contributed by atoms with Gasteiger partial charge in [-0.2, -0.15) is 0 Å². The van der Waals surface area contributed by atoms with Gasteiger partial charge in [0.2, 0.25) is 0 Å². The second kappa shape index (κ2) is 3.55. The van der Waals surface area contributed by atoms with Crippen LogP contribution in [0.4, 0.5) is 0 Å². The van der Waals surface area contributed by atoms with Gasteiger partial charge in [0.15, 0.2) is 0 Å². The summed E-state index contributed by atoms with van der Waals surface area (Å²) in [5, 5.41) is 7.10. The van der Waals surface area contributed by atoms with E-state index >= 15 is 0 Å². The summed E-state index contributed by atoms with van der Waals surface area (Å²) in [6.45, 7) is 2.40. The summed E-state index contributed by atoms with van der Waals surface area (Å²) in [7, 11) is 0. The van der Waals surface area contributed by atoms with E-state index in [4.69, 9.17) is 0 Å². The van der Waals surface area contributed by atoms with Crippen LogP contribution in [0, 0.1) is 0 Å². The molecule has 2 rings (SSSR count). The molecule has 0 aromatic rings. The van der Waals surface area contributed by atoms with Crippen molar-refractivity contribution >= 4 is 0 Å². The minimum atomic E-state index is 0.776. The fourth-order valence-electron chi connectivity index (χ4n) is 2.22. The molecule has 1 aliphatic heterocycles. The zero-order chi connectivity index (χ0) is 7.52. The number of hydrogen-bond acceptors (Lipinski definition) is 2. The first kappa shape index (κ1) is 7.56. The first-order valence-corrected chi connectivity index (χ1v) is 4.92. The molecule has 0 bridgehead atoms. The minimum absolute atomic E-state index is 0.776. The summed E-state index contributed by atoms with van der Waals surface area (Å²) < 4.78 is 0. The Kier molecular flexibility index (Phi) is 2.44. The first-order chi connectivity index (χ1) is 5.45. The molecule has 1 saturated heterocycles. The van der Waals surface area contributed by atoms with E-state index in [9.17, 15) is 0 Å². The van der Waals surface area contributed by atoms with Crippen LogP contribution >= 0.6 is 0 Å². The van der Waals surface area contributed by atoms with Gasteiger partial charge in [0.1, 0.15) is 0 Å². The SMILES string of the molecule is C1CCC(N[C@@H]2CCNC2)C1. The van der Waals surface area contributed by atoms with E-state index in [-0.39, 0.29) is 0 Å². The Morgan fingerprint density at radius 3 is 2.45 bits per heavy atom. The molecule has 11 heavy (non-hydrogen) atoms. The quantitative estimate of drug-likeness (QED) is 0.617. The average Bonchev–Trinajstić information content (AvgIpc) is 2.60. The van der Waals surface area contributed by atoms with Crippen molar-refractivity contribution in [2.24, 2.45) is 0 Å². The van der Waals surface area contributed by atoms with Crippen molar-refractivity contribution in [1.29, 1.82) is 0 Å². The molecule has 64 valence electrons. The van der Waals surface area contributed by atoms with Crippen molar-refractivity contribution in [1.82, 2.24) is 10.6 Å². The Morgan fingerprint density at radius 1 is 1.00 bits per heavy atom. The van der Waals surface area contributed by atoms with Crippen LogP contribution in [0.3, 0.4) is 0 Å². The van der Waals surface area contributed by atoms with E-state index in [0.717, 1.165) is 12.1 Å². The summed E-state index contributed by atoms with van der Waals surface area (Å²) in [4.78, 5) is 0. The molecule has 0 amide bonds. The van der Waals surface area contributed by atoms with Gasteiger partial charge < -0.3 is 10.6 Å². The second-order valence-electron chi connectivity index (χ2n) is 3.84. The van der Waals surface area contributed by atoms with E-state index in [0.29, 0.717) is 0 Å². The highest BCUT2D eigenvalue weighted by Crippen LogP contribution is 2.18. The lowest BCUT2D eigenvalue weighted by atomic mass is 10.2. The molecule has 0 radical (unpaired) electrons. The van der Waals surface area contributed by atoms with Crippen LogP contribution in [-0.2, 0) is 0 Å². The van der Waals surface area contributed by atoms with Crippen LogP contribution in [-0.4, -0.2) is 25.2 Å². The Morgan fingerprint density at radius 2 is 1.82 bits per heavy atom. The highest BCUT2D eigenvalue weighted by Gasteiger charge is 2.20. The van der Waals surface area contributed by atoms with Crippen molar-refractivity contribution in [2.75, 3.05) is 13.1 Å². The van der Waals surface area contributed by atoms with Gasteiger partial charge >= 0.3 is 0 Å². The molecule has 0 aromatic heterocycles. The zero-order valence-corrected chi connectivity index (χ0v) is 7.10. The maximum atomic E-state index is 3.72. The van der Waals surface area contributed by atoms with Crippen LogP contribution in [0.2, 0.25) is 0 Å². The van der Waals surface area contributed by atoms with E-state index in [1.807, 2.05) is 0 Å². The number of nitrogens with one attached hydrogen (secondary N) is 2. The maximum absolute atomic E-state index is 3.72. The van der Waals surface area contributed by atoms with Gasteiger partial charge in [-0.05, 0) is 25.8 Å². The summed E-state index contributed by atoms with van der Waals surface area (Å²) >= 11 is 0. The molecule has 0 spiro atoms. The van der Waals surface area contributed by atoms with Gasteiger partial charge in [-0.1, -0.05) is 12.8 Å². The van der Waals surface area contributed by atoms with Crippen molar-refractivity contribution in [2.45, 2.75) is 44.2 Å². The van der Waals surface area contributed by atoms with E-state index in [1.54, 1.807) is 0 Å². The molecule has 1 aliphatic carbocycles. The molecule has 0 unspecified atom stereocenters. The predicted octanol–water partition coefficient (Wildman–Crippen LogP) is 0.880. The highest BCUT2D eigenvalue weighted by molar-refractivity contribution is 4.83. The van der Waals surface area contributed by atoms with Crippen LogP contribution in [0.5, 0.6) is 0 Å². The third-order valence-electron chi connectivity index (χ3n) is 2.89. The van der Waals surface area contributed by atoms with Gasteiger partial charge in [0, 0.05) is 18.6 Å². The van der Waals surface area contributed by atoms with Gasteiger partial charge in [0.25, 0.3) is 0 Å². The minimum Gasteiger partial charge on any atom is -0.315 e. The lowest BCUT2D eigenvalue weighted by Gasteiger charge is -2.16. The predicted molar refractivity (Wildman–Crippen MR) is 46.7 cm³/mol. The van der Waals surface area contributed by atoms with Crippen molar-refractivity contribution in [3.63, 3.8) is 0 Å². The molecular weight excluding hydrogens is 136 g/mol. The van der Waals surface area contributed by atoms with Gasteiger partial charge in [-0.15, -0.1) is 0 Å². The third-order valence-corrected chi connectivity index (χ3v) is 2.89. The normalized spacial score (nSPS) is 33.3. The molecule has 1 heterocycles. The van der Waals surface area contributed by atoms with E-state index < -0.39 is 0 Å². The fourth-order valence-corrected chi connectivity index (χ4v) is 2.22. The molecule has 2 fully saturated rings. The van der Waals surface area contributed by atoms with E-state index in [2.05, 4.69) is 10.6 Å². The topological polar surface area (TPSA) is 24.1 Å². The summed E-state index contributed by atoms with van der Waals surface area (Å²) in [6.07, 6.45) is 7.04. The van der Waals surface area contributed by atoms with Crippen molar-refractivity contribution < 1.29 is 0 Å². The Hall–Kier alpha value is -0.0800. The Labute approximate surface area is 68.7 Å². The maximum Gasteiger partial charge on any atom is 0.0207 e. The van der Waals surface area contributed by atoms with Crippen molar-refractivity contribution in [3.05, 3.63) is 0 Å². The molecule has 1 atom stereocenters. The van der Waals surface area contributed by atoms with Crippen molar-refractivity contribution in [3.8, 4) is 0 Å². The van der Waals surface area contributed by atoms with Crippen LogP contribution in [0.25, 0.3) is 0 Å². The Bertz CT molecular complexity index is 98.7. The molecular formula is C9H18N2. The standard InChI is InChI=1S/C9H18N2/c1-2-4-8(3-1)11-9-5-6-10-7-9/h8-11H,1-7H2/t9-/m1/s1. The monoisotopic (exact) mass is 154 g/mol. The number of hydrogen-bond donors (Lipinski definition) is 2. The molecule has 2 heteroatoms. The number of rotatable bonds is 2. The summed E-state index contributed by atoms with van der Waals surface area (Å²) in [6, 6.07) is 1.62. The molecule has 2 nitrogen and oxygen atoms in total. The largest absolute Gasteiger partial charge is 0.315 e. The third kappa shape index (κ3) is 1.94. The van der Waals surface area contributed by atoms with Crippen LogP contribution < -0.4 is 10.6 Å². The second-order valence-corrected chi connectivity index (χ2v) is 3.84. The van der Waals surface area contributed by atoms with Crippen LogP contribution in [0.15, 0.2) is 0 Å². The lowest BCUT2D eigenvalue weighted by Crippen LogP contribution is -2.37.